The first-order valence-corrected chi connectivity index (χ1v) is 5.55. The van der Waals surface area contributed by atoms with E-state index in [4.69, 9.17) is 16.3 Å². The predicted octanol–water partition coefficient (Wildman–Crippen LogP) is 2.79. The van der Waals surface area contributed by atoms with E-state index in [2.05, 4.69) is 15.3 Å². The Morgan fingerprint density at radius 3 is 2.79 bits per heavy atom. The smallest absolute Gasteiger partial charge is 0.311 e. The average Bonchev–Trinajstić information content (AvgIpc) is 2.38. The molecule has 1 N–H and O–H groups in total. The van der Waals surface area contributed by atoms with Crippen LogP contribution in [0.5, 0.6) is 5.75 Å². The molecule has 19 heavy (non-hydrogen) atoms. The van der Waals surface area contributed by atoms with Gasteiger partial charge in [0.25, 0.3) is 0 Å². The van der Waals surface area contributed by atoms with Gasteiger partial charge in [-0.1, -0.05) is 11.6 Å². The minimum atomic E-state index is -0.510. The van der Waals surface area contributed by atoms with Gasteiger partial charge in [-0.05, 0) is 6.07 Å². The predicted molar refractivity (Wildman–Crippen MR) is 70.0 cm³/mol. The van der Waals surface area contributed by atoms with Crippen LogP contribution >= 0.6 is 11.6 Å². The molecule has 0 amide bonds. The molecule has 1 aromatic carbocycles. The quantitative estimate of drug-likeness (QED) is 0.526. The van der Waals surface area contributed by atoms with E-state index < -0.39 is 4.92 Å². The lowest BCUT2D eigenvalue weighted by molar-refractivity contribution is -0.385. The van der Waals surface area contributed by atoms with Crippen LogP contribution in [0.1, 0.15) is 0 Å². The zero-order valence-corrected chi connectivity index (χ0v) is 10.6. The van der Waals surface area contributed by atoms with E-state index in [-0.39, 0.29) is 11.4 Å². The van der Waals surface area contributed by atoms with Crippen molar-refractivity contribution in [3.63, 3.8) is 0 Å². The number of aromatic nitrogens is 2. The zero-order valence-electron chi connectivity index (χ0n) is 9.83. The molecule has 98 valence electrons. The van der Waals surface area contributed by atoms with Gasteiger partial charge in [0.1, 0.15) is 17.3 Å². The summed E-state index contributed by atoms with van der Waals surface area (Å²) < 4.78 is 4.97. The number of anilines is 2. The molecule has 0 radical (unpaired) electrons. The molecular weight excluding hydrogens is 272 g/mol. The van der Waals surface area contributed by atoms with Gasteiger partial charge < -0.3 is 10.1 Å². The zero-order chi connectivity index (χ0) is 13.8. The highest BCUT2D eigenvalue weighted by atomic mass is 35.5. The minimum absolute atomic E-state index is 0.103. The van der Waals surface area contributed by atoms with Crippen LogP contribution in [-0.2, 0) is 0 Å². The number of nitrogens with zero attached hydrogens (tertiary/aromatic N) is 3. The van der Waals surface area contributed by atoms with E-state index >= 15 is 0 Å². The summed E-state index contributed by atoms with van der Waals surface area (Å²) in [6.07, 6.45) is 1.31. The summed E-state index contributed by atoms with van der Waals surface area (Å²) in [5.74, 6) is 0.644. The van der Waals surface area contributed by atoms with Crippen molar-refractivity contribution in [2.45, 2.75) is 0 Å². The molecule has 0 atom stereocenters. The van der Waals surface area contributed by atoms with Crippen LogP contribution in [0, 0.1) is 10.1 Å². The van der Waals surface area contributed by atoms with Gasteiger partial charge in [0.2, 0.25) is 0 Å². The van der Waals surface area contributed by atoms with Crippen molar-refractivity contribution in [3.8, 4) is 5.75 Å². The topological polar surface area (TPSA) is 90.2 Å². The Morgan fingerprint density at radius 1 is 1.37 bits per heavy atom. The molecule has 0 spiro atoms. The number of halogens is 1. The van der Waals surface area contributed by atoms with Gasteiger partial charge >= 0.3 is 5.69 Å². The van der Waals surface area contributed by atoms with Crippen LogP contribution in [0.25, 0.3) is 0 Å². The van der Waals surface area contributed by atoms with Gasteiger partial charge in [0, 0.05) is 23.9 Å². The van der Waals surface area contributed by atoms with E-state index in [1.165, 1.54) is 31.6 Å². The first-order chi connectivity index (χ1) is 9.10. The van der Waals surface area contributed by atoms with Crippen molar-refractivity contribution in [1.82, 2.24) is 9.97 Å². The number of nitrogens with one attached hydrogen (secondary N) is 1. The molecule has 0 aliphatic carbocycles. The lowest BCUT2D eigenvalue weighted by Crippen LogP contribution is -1.97. The van der Waals surface area contributed by atoms with Crippen LogP contribution in [-0.4, -0.2) is 22.0 Å². The number of nitro benzene ring substituents is 1. The molecule has 8 heteroatoms. The number of nitro groups is 1. The molecule has 1 aromatic heterocycles. The third kappa shape index (κ3) is 3.08. The average molecular weight is 281 g/mol. The number of benzene rings is 1. The van der Waals surface area contributed by atoms with Gasteiger partial charge in [-0.25, -0.2) is 9.97 Å². The second kappa shape index (κ2) is 5.49. The number of ether oxygens (including phenoxy) is 1. The fraction of sp³-hybridized carbons (Fsp3) is 0.0909. The van der Waals surface area contributed by atoms with Gasteiger partial charge in [-0.2, -0.15) is 0 Å². The second-order valence-electron chi connectivity index (χ2n) is 3.49. The summed E-state index contributed by atoms with van der Waals surface area (Å²) >= 11 is 5.73. The standard InChI is InChI=1S/C11H9ClN4O3/c1-19-9-4-7(2-3-8(9)16(17)18)15-11-5-10(12)13-6-14-11/h2-6H,1H3,(H,13,14,15). The molecule has 2 rings (SSSR count). The highest BCUT2D eigenvalue weighted by Gasteiger charge is 2.14. The van der Waals surface area contributed by atoms with Crippen molar-refractivity contribution in [3.05, 3.63) is 45.9 Å². The maximum Gasteiger partial charge on any atom is 0.311 e. The fourth-order valence-electron chi connectivity index (χ4n) is 1.46. The van der Waals surface area contributed by atoms with Crippen molar-refractivity contribution >= 4 is 28.8 Å². The largest absolute Gasteiger partial charge is 0.490 e. The fourth-order valence-corrected chi connectivity index (χ4v) is 1.60. The first kappa shape index (κ1) is 13.0. The second-order valence-corrected chi connectivity index (χ2v) is 3.88. The molecule has 0 aliphatic heterocycles. The van der Waals surface area contributed by atoms with Crippen molar-refractivity contribution in [2.75, 3.05) is 12.4 Å². The number of hydrogen-bond donors (Lipinski definition) is 1. The lowest BCUT2D eigenvalue weighted by atomic mass is 10.2. The molecule has 0 saturated carbocycles. The Morgan fingerprint density at radius 2 is 2.16 bits per heavy atom. The van der Waals surface area contributed by atoms with Crippen molar-refractivity contribution in [1.29, 1.82) is 0 Å². The normalized spacial score (nSPS) is 10.0. The number of hydrogen-bond acceptors (Lipinski definition) is 6. The number of rotatable bonds is 4. The van der Waals surface area contributed by atoms with E-state index in [9.17, 15) is 10.1 Å². The summed E-state index contributed by atoms with van der Waals surface area (Å²) in [6.45, 7) is 0. The van der Waals surface area contributed by atoms with Gasteiger partial charge in [-0.15, -0.1) is 0 Å². The SMILES string of the molecule is COc1cc(Nc2cc(Cl)ncn2)ccc1[N+](=O)[O-]. The van der Waals surface area contributed by atoms with Gasteiger partial charge in [0.15, 0.2) is 5.75 Å². The summed E-state index contributed by atoms with van der Waals surface area (Å²) in [5, 5.41) is 14.0. The monoisotopic (exact) mass is 280 g/mol. The molecule has 0 bridgehead atoms. The first-order valence-electron chi connectivity index (χ1n) is 5.17. The van der Waals surface area contributed by atoms with Crippen LogP contribution in [0.2, 0.25) is 5.15 Å². The Kier molecular flexibility index (Phi) is 3.76. The third-order valence-electron chi connectivity index (χ3n) is 2.28. The maximum atomic E-state index is 10.8. The Labute approximate surface area is 113 Å². The van der Waals surface area contributed by atoms with Gasteiger partial charge in [0.05, 0.1) is 12.0 Å². The highest BCUT2D eigenvalue weighted by Crippen LogP contribution is 2.30. The Balaban J connectivity index is 2.29. The molecule has 7 nitrogen and oxygen atoms in total. The van der Waals surface area contributed by atoms with Crippen LogP contribution in [0.3, 0.4) is 0 Å². The lowest BCUT2D eigenvalue weighted by Gasteiger charge is -2.07. The Hall–Kier alpha value is -2.41. The molecular formula is C11H9ClN4O3. The molecule has 2 aromatic rings. The summed E-state index contributed by atoms with van der Waals surface area (Å²) in [4.78, 5) is 18.0. The maximum absolute atomic E-state index is 10.8. The summed E-state index contributed by atoms with van der Waals surface area (Å²) in [5.41, 5.74) is 0.492. The summed E-state index contributed by atoms with van der Waals surface area (Å²) in [7, 11) is 1.37. The Bertz CT molecular complexity index is 621. The highest BCUT2D eigenvalue weighted by molar-refractivity contribution is 6.29. The summed E-state index contributed by atoms with van der Waals surface area (Å²) in [6, 6.07) is 5.95. The third-order valence-corrected chi connectivity index (χ3v) is 2.49. The van der Waals surface area contributed by atoms with E-state index in [0.717, 1.165) is 0 Å². The molecule has 0 unspecified atom stereocenters. The van der Waals surface area contributed by atoms with Gasteiger partial charge in [-0.3, -0.25) is 10.1 Å². The van der Waals surface area contributed by atoms with Crippen LogP contribution in [0.4, 0.5) is 17.2 Å². The van der Waals surface area contributed by atoms with Crippen LogP contribution < -0.4 is 10.1 Å². The molecule has 0 saturated heterocycles. The van der Waals surface area contributed by atoms with Crippen molar-refractivity contribution in [2.24, 2.45) is 0 Å². The minimum Gasteiger partial charge on any atom is -0.490 e. The number of methoxy groups -OCH3 is 1. The molecule has 1 heterocycles. The van der Waals surface area contributed by atoms with E-state index in [1.807, 2.05) is 0 Å². The molecule has 0 fully saturated rings. The van der Waals surface area contributed by atoms with Crippen LogP contribution in [0.15, 0.2) is 30.6 Å². The van der Waals surface area contributed by atoms with Crippen molar-refractivity contribution < 1.29 is 9.66 Å². The van der Waals surface area contributed by atoms with E-state index in [1.54, 1.807) is 6.07 Å². The molecule has 0 aliphatic rings. The van der Waals surface area contributed by atoms with E-state index in [0.29, 0.717) is 16.7 Å².